The summed E-state index contributed by atoms with van der Waals surface area (Å²) < 4.78 is 26.5. The van der Waals surface area contributed by atoms with E-state index in [0.29, 0.717) is 0 Å². The molecule has 0 spiro atoms. The van der Waals surface area contributed by atoms with Gasteiger partial charge in [-0.1, -0.05) is 180 Å². The van der Waals surface area contributed by atoms with Crippen LogP contribution in [0.25, 0.3) is 11.1 Å². The first-order valence-corrected chi connectivity index (χ1v) is 26.1. The molecule has 0 nitrogen and oxygen atoms in total. The minimum Gasteiger partial charge on any atom is -0.0904 e. The third-order valence-electron chi connectivity index (χ3n) is 10.2. The zero-order valence-electron chi connectivity index (χ0n) is 30.6. The first-order valence-electron chi connectivity index (χ1n) is 17.4. The van der Waals surface area contributed by atoms with Crippen molar-refractivity contribution in [3.63, 3.8) is 0 Å². The molecule has 0 fully saturated rings. The van der Waals surface area contributed by atoms with E-state index < -0.39 is 30.7 Å². The van der Waals surface area contributed by atoms with E-state index in [2.05, 4.69) is 151 Å². The molecule has 2 aliphatic rings. The molecule has 1 unspecified atom stereocenters. The average Bonchev–Trinajstić information content (AvgIpc) is 3.03. The van der Waals surface area contributed by atoms with Gasteiger partial charge in [-0.3, -0.25) is 0 Å². The second-order valence-corrected chi connectivity index (χ2v) is 29.1. The van der Waals surface area contributed by atoms with Crippen LogP contribution < -0.4 is 31.1 Å². The van der Waals surface area contributed by atoms with Gasteiger partial charge in [0.15, 0.2) is 0 Å². The topological polar surface area (TPSA) is 0 Å². The molecule has 45 heavy (non-hydrogen) atoms. The van der Waals surface area contributed by atoms with Crippen molar-refractivity contribution in [3.8, 4) is 11.1 Å². The van der Waals surface area contributed by atoms with Gasteiger partial charge in [-0.15, -0.1) is 0 Å². The molecule has 0 radical (unpaired) electrons. The van der Waals surface area contributed by atoms with Gasteiger partial charge in [-0.05, 0) is 60.2 Å². The second kappa shape index (κ2) is 10.7. The zero-order chi connectivity index (χ0) is 34.4. The lowest BCUT2D eigenvalue weighted by Gasteiger charge is -2.37. The molecule has 7 rings (SSSR count). The third kappa shape index (κ3) is 4.92. The summed E-state index contributed by atoms with van der Waals surface area (Å²) in [6, 6.07) is 38.1. The number of hydrogen-bond donors (Lipinski definition) is 0. The molecule has 5 aromatic rings. The Balaban J connectivity index is 1.43. The third-order valence-corrected chi connectivity index (χ3v) is 23.6. The van der Waals surface area contributed by atoms with Gasteiger partial charge in [0, 0.05) is 23.7 Å². The summed E-state index contributed by atoms with van der Waals surface area (Å²) in [4.78, 5) is 5.11. The predicted octanol–water partition coefficient (Wildman–Crippen LogP) is 8.05. The van der Waals surface area contributed by atoms with Crippen LogP contribution in [0.5, 0.6) is 0 Å². The molecule has 2 aliphatic heterocycles. The fourth-order valence-electron chi connectivity index (χ4n) is 7.40. The van der Waals surface area contributed by atoms with Gasteiger partial charge in [0.1, 0.15) is 24.2 Å². The Morgan fingerprint density at radius 1 is 0.600 bits per heavy atom. The Morgan fingerprint density at radius 2 is 1.16 bits per heavy atom. The Labute approximate surface area is 286 Å². The van der Waals surface area contributed by atoms with Crippen LogP contribution in [0.2, 0.25) is 39.2 Å². The van der Waals surface area contributed by atoms with Crippen LogP contribution in [0.1, 0.15) is 30.4 Å². The molecular weight excluding hydrogens is 629 g/mol. The summed E-state index contributed by atoms with van der Waals surface area (Å²) in [5.74, 6) is 0. The Kier molecular flexibility index (Phi) is 6.58. The highest BCUT2D eigenvalue weighted by molar-refractivity contribution is 8.00. The van der Waals surface area contributed by atoms with Crippen LogP contribution >= 0.6 is 23.5 Å². The normalized spacial score (nSPS) is 19.7. The van der Waals surface area contributed by atoms with Crippen molar-refractivity contribution < 1.29 is 4.11 Å². The van der Waals surface area contributed by atoms with Crippen LogP contribution in [-0.2, 0) is 5.41 Å². The van der Waals surface area contributed by atoms with Gasteiger partial charge in [-0.2, -0.15) is 0 Å². The van der Waals surface area contributed by atoms with Crippen LogP contribution in [0.15, 0.2) is 123 Å². The minimum atomic E-state index is -3.04. The molecule has 0 N–H and O–H groups in total. The monoisotopic (exact) mass is 675 g/mol. The zero-order valence-corrected chi connectivity index (χ0v) is 32.3. The minimum absolute atomic E-state index is 0.0366. The SMILES string of the molecule is [2H]C([2H])([2H])[Si]1(C)c2ccccc2Sc2c([Si](C)(C)c3ccc(C(C)(C)C)c(-c4cccc5c4Sc4ccccc4[Si]5(C)C)c3)cccc21. The molecule has 5 heteroatoms. The van der Waals surface area contributed by atoms with Crippen molar-refractivity contribution in [2.24, 2.45) is 0 Å². The molecule has 0 aromatic heterocycles. The summed E-state index contributed by atoms with van der Waals surface area (Å²) in [5, 5.41) is 7.87. The molecule has 5 aromatic carbocycles. The van der Waals surface area contributed by atoms with E-state index in [4.69, 9.17) is 4.11 Å². The highest BCUT2D eigenvalue weighted by atomic mass is 32.2. The van der Waals surface area contributed by atoms with Gasteiger partial charge in [0.2, 0.25) is 0 Å². The summed E-state index contributed by atoms with van der Waals surface area (Å²) in [7, 11) is -7.26. The number of hydrogen-bond acceptors (Lipinski definition) is 2. The van der Waals surface area contributed by atoms with Gasteiger partial charge in [-0.25, -0.2) is 0 Å². The lowest BCUT2D eigenvalue weighted by atomic mass is 9.82. The summed E-state index contributed by atoms with van der Waals surface area (Å²) in [5.41, 5.74) is 4.00. The summed E-state index contributed by atoms with van der Waals surface area (Å²) in [6.45, 7) is 16.9. The Morgan fingerprint density at radius 3 is 1.80 bits per heavy atom. The maximum absolute atomic E-state index is 8.83. The average molecular weight is 676 g/mol. The summed E-state index contributed by atoms with van der Waals surface area (Å²) in [6.07, 6.45) is 0. The van der Waals surface area contributed by atoms with Gasteiger partial charge in [0.05, 0.1) is 0 Å². The number of rotatable bonds is 3. The Bertz CT molecular complexity index is 2100. The van der Waals surface area contributed by atoms with E-state index in [0.717, 1.165) is 15.3 Å². The number of benzene rings is 5. The van der Waals surface area contributed by atoms with Crippen molar-refractivity contribution in [1.29, 1.82) is 0 Å². The van der Waals surface area contributed by atoms with Crippen molar-refractivity contribution in [3.05, 3.63) is 109 Å². The molecule has 0 amide bonds. The Hall–Kier alpha value is -2.55. The lowest BCUT2D eigenvalue weighted by Crippen LogP contribution is -2.61. The van der Waals surface area contributed by atoms with Gasteiger partial charge in [0.25, 0.3) is 0 Å². The first kappa shape index (κ1) is 27.6. The molecule has 228 valence electrons. The predicted molar refractivity (Wildman–Crippen MR) is 208 cm³/mol. The van der Waals surface area contributed by atoms with E-state index in [1.165, 1.54) is 52.1 Å². The summed E-state index contributed by atoms with van der Waals surface area (Å²) >= 11 is 3.73. The van der Waals surface area contributed by atoms with Gasteiger partial charge >= 0.3 is 0 Å². The molecular formula is C40H44S2Si3. The largest absolute Gasteiger partial charge is 0.115 e. The quantitative estimate of drug-likeness (QED) is 0.178. The van der Waals surface area contributed by atoms with Crippen LogP contribution in [0.4, 0.5) is 0 Å². The number of fused-ring (bicyclic) bond motifs is 4. The molecule has 0 saturated carbocycles. The van der Waals surface area contributed by atoms with Crippen LogP contribution in [0.3, 0.4) is 0 Å². The van der Waals surface area contributed by atoms with Gasteiger partial charge < -0.3 is 0 Å². The van der Waals surface area contributed by atoms with E-state index in [1.807, 2.05) is 17.8 Å². The van der Waals surface area contributed by atoms with E-state index >= 15 is 0 Å². The smallest absolute Gasteiger partial charge is 0.0904 e. The van der Waals surface area contributed by atoms with Crippen molar-refractivity contribution in [2.45, 2.75) is 85.0 Å². The standard InChI is InChI=1S/C40H44S2Si3/c1-40(2,3)30-25-24-27(26-29(30)28-16-14-21-35-38(28)41-31-17-10-12-19-33(31)44(35,6)7)43(4,5)36-22-15-23-37-39(36)42-32-18-11-13-20-34(32)45(37,8)9/h10-26H,1-9H3/i8D3. The highest BCUT2D eigenvalue weighted by Gasteiger charge is 2.40. The molecule has 0 aliphatic carbocycles. The molecule has 0 bridgehead atoms. The fraction of sp³-hybridized carbons (Fsp3) is 0.250. The fourth-order valence-corrected chi connectivity index (χ4v) is 21.3. The molecule has 2 heterocycles. The van der Waals surface area contributed by atoms with Crippen molar-refractivity contribution in [2.75, 3.05) is 0 Å². The van der Waals surface area contributed by atoms with Crippen molar-refractivity contribution in [1.82, 2.24) is 0 Å². The molecule has 0 saturated heterocycles. The van der Waals surface area contributed by atoms with E-state index in [1.54, 1.807) is 11.8 Å². The molecule has 1 atom stereocenters. The van der Waals surface area contributed by atoms with Crippen LogP contribution in [0, 0.1) is 0 Å². The van der Waals surface area contributed by atoms with E-state index in [9.17, 15) is 0 Å². The van der Waals surface area contributed by atoms with E-state index in [-0.39, 0.29) is 5.41 Å². The lowest BCUT2D eigenvalue weighted by molar-refractivity contribution is 0.592. The maximum atomic E-state index is 8.83. The maximum Gasteiger partial charge on any atom is 0.115 e. The van der Waals surface area contributed by atoms with Crippen LogP contribution in [-0.4, -0.2) is 24.2 Å². The van der Waals surface area contributed by atoms with Crippen molar-refractivity contribution >= 4 is 78.9 Å². The second-order valence-electron chi connectivity index (χ2n) is 14.9. The first-order chi connectivity index (χ1) is 22.5. The highest BCUT2D eigenvalue weighted by Crippen LogP contribution is 2.42.